The largest absolute Gasteiger partial charge is 0.478 e. The number of hydrogen-bond acceptors (Lipinski definition) is 5. The Labute approximate surface area is 177 Å². The number of aryl methyl sites for hydroxylation is 1. The van der Waals surface area contributed by atoms with Gasteiger partial charge >= 0.3 is 5.97 Å². The van der Waals surface area contributed by atoms with Gasteiger partial charge in [0.05, 0.1) is 17.4 Å². The Hall–Kier alpha value is -3.65. The van der Waals surface area contributed by atoms with Crippen molar-refractivity contribution >= 4 is 27.9 Å². The van der Waals surface area contributed by atoms with Crippen LogP contribution in [0.2, 0.25) is 0 Å². The van der Waals surface area contributed by atoms with Crippen LogP contribution < -0.4 is 10.5 Å². The molecule has 0 aliphatic carbocycles. The Bertz CT molecular complexity index is 1330. The molecule has 0 aliphatic heterocycles. The molecule has 31 heavy (non-hydrogen) atoms. The molecule has 4 rings (SSSR count). The second-order valence-corrected chi connectivity index (χ2v) is 7.23. The summed E-state index contributed by atoms with van der Waals surface area (Å²) in [5.74, 6) is -0.892. The van der Waals surface area contributed by atoms with E-state index in [1.807, 2.05) is 19.9 Å². The predicted octanol–water partition coefficient (Wildman–Crippen LogP) is 4.43. The first kappa shape index (κ1) is 20.6. The average molecular weight is 423 g/mol. The highest BCUT2D eigenvalue weighted by molar-refractivity contribution is 6.02. The van der Waals surface area contributed by atoms with Crippen molar-refractivity contribution in [3.05, 3.63) is 59.0 Å². The Morgan fingerprint density at radius 1 is 1.29 bits per heavy atom. The lowest BCUT2D eigenvalue weighted by Gasteiger charge is -2.18. The number of nitrogen functional groups attached to an aromatic ring is 1. The smallest absolute Gasteiger partial charge is 0.339 e. The van der Waals surface area contributed by atoms with Gasteiger partial charge in [-0.05, 0) is 59.5 Å². The molecule has 3 N–H and O–H groups in total. The van der Waals surface area contributed by atoms with Crippen LogP contribution in [0.1, 0.15) is 28.4 Å². The fourth-order valence-electron chi connectivity index (χ4n) is 3.94. The molecule has 0 saturated carbocycles. The van der Waals surface area contributed by atoms with Crippen molar-refractivity contribution in [1.82, 2.24) is 9.61 Å². The van der Waals surface area contributed by atoms with Gasteiger partial charge in [-0.2, -0.15) is 5.10 Å². The van der Waals surface area contributed by atoms with Gasteiger partial charge in [-0.3, -0.25) is 0 Å². The number of benzene rings is 2. The summed E-state index contributed by atoms with van der Waals surface area (Å²) < 4.78 is 27.0. The van der Waals surface area contributed by atoms with Crippen LogP contribution in [0, 0.1) is 12.7 Å². The third-order valence-electron chi connectivity index (χ3n) is 5.42. The van der Waals surface area contributed by atoms with Gasteiger partial charge in [0.25, 0.3) is 0 Å². The van der Waals surface area contributed by atoms with Crippen LogP contribution in [0.15, 0.2) is 36.5 Å². The number of aromatic nitrogens is 2. The number of carboxylic acids is 1. The number of halogens is 1. The number of fused-ring (bicyclic) bond motifs is 2. The lowest BCUT2D eigenvalue weighted by molar-refractivity contribution is 0.0512. The maximum Gasteiger partial charge on any atom is 0.339 e. The number of nitrogens with two attached hydrogens (primary N) is 1. The van der Waals surface area contributed by atoms with Crippen molar-refractivity contribution < 1.29 is 23.8 Å². The van der Waals surface area contributed by atoms with Gasteiger partial charge in [0.2, 0.25) is 0 Å². The zero-order chi connectivity index (χ0) is 22.3. The van der Waals surface area contributed by atoms with Crippen molar-refractivity contribution in [2.75, 3.05) is 19.6 Å². The molecule has 0 unspecified atom stereocenters. The molecule has 0 bridgehead atoms. The minimum Gasteiger partial charge on any atom is -0.478 e. The molecular weight excluding hydrogens is 401 g/mol. The van der Waals surface area contributed by atoms with E-state index in [-0.39, 0.29) is 18.2 Å². The lowest BCUT2D eigenvalue weighted by Crippen LogP contribution is -2.05. The third-order valence-corrected chi connectivity index (χ3v) is 5.42. The molecule has 0 spiro atoms. The number of hydrogen-bond donors (Lipinski definition) is 2. The van der Waals surface area contributed by atoms with E-state index in [2.05, 4.69) is 5.10 Å². The number of carbonyl (C=O) groups is 1. The van der Waals surface area contributed by atoms with Crippen LogP contribution in [0.4, 0.5) is 10.1 Å². The quantitative estimate of drug-likeness (QED) is 0.445. The van der Waals surface area contributed by atoms with E-state index in [9.17, 15) is 14.3 Å². The van der Waals surface area contributed by atoms with Gasteiger partial charge in [0.1, 0.15) is 17.1 Å². The molecule has 0 saturated heterocycles. The second-order valence-electron chi connectivity index (χ2n) is 7.23. The zero-order valence-electron chi connectivity index (χ0n) is 17.4. The van der Waals surface area contributed by atoms with Crippen molar-refractivity contribution in [2.24, 2.45) is 0 Å². The summed E-state index contributed by atoms with van der Waals surface area (Å²) in [6.45, 7) is 3.75. The predicted molar refractivity (Wildman–Crippen MR) is 116 cm³/mol. The van der Waals surface area contributed by atoms with Crippen molar-refractivity contribution in [1.29, 1.82) is 0 Å². The van der Waals surface area contributed by atoms with Gasteiger partial charge in [0, 0.05) is 18.4 Å². The fourth-order valence-corrected chi connectivity index (χ4v) is 3.94. The Morgan fingerprint density at radius 3 is 2.74 bits per heavy atom. The number of nitrogens with zero attached hydrogens (tertiary/aromatic N) is 2. The molecule has 160 valence electrons. The molecule has 0 aliphatic rings. The number of pyridine rings is 1. The number of rotatable bonds is 6. The topological polar surface area (TPSA) is 99.1 Å². The van der Waals surface area contributed by atoms with Crippen molar-refractivity contribution in [3.63, 3.8) is 0 Å². The van der Waals surface area contributed by atoms with E-state index in [1.165, 1.54) is 23.9 Å². The Morgan fingerprint density at radius 2 is 2.06 bits per heavy atom. The molecule has 7 nitrogen and oxygen atoms in total. The highest BCUT2D eigenvalue weighted by Gasteiger charge is 2.22. The van der Waals surface area contributed by atoms with Crippen LogP contribution in [-0.4, -0.2) is 34.6 Å². The second kappa shape index (κ2) is 7.88. The minimum absolute atomic E-state index is 0.0333. The summed E-state index contributed by atoms with van der Waals surface area (Å²) in [7, 11) is 1.52. The first-order valence-electron chi connectivity index (χ1n) is 9.74. The molecule has 2 aromatic carbocycles. The highest BCUT2D eigenvalue weighted by atomic mass is 19.1. The average Bonchev–Trinajstić information content (AvgIpc) is 3.16. The third kappa shape index (κ3) is 3.34. The Kier molecular flexibility index (Phi) is 5.24. The van der Waals surface area contributed by atoms with Crippen molar-refractivity contribution in [3.8, 4) is 17.0 Å². The molecule has 0 fully saturated rings. The van der Waals surface area contributed by atoms with E-state index in [1.54, 1.807) is 18.2 Å². The normalized spacial score (nSPS) is 11.4. The highest BCUT2D eigenvalue weighted by Crippen LogP contribution is 2.39. The van der Waals surface area contributed by atoms with Crippen molar-refractivity contribution in [2.45, 2.75) is 20.3 Å². The molecular formula is C23H22FN3O4. The maximum absolute atomic E-state index is 14.7. The van der Waals surface area contributed by atoms with E-state index in [0.29, 0.717) is 51.1 Å². The van der Waals surface area contributed by atoms with Gasteiger partial charge in [0.15, 0.2) is 6.79 Å². The van der Waals surface area contributed by atoms with Crippen LogP contribution in [0.3, 0.4) is 0 Å². The van der Waals surface area contributed by atoms with Gasteiger partial charge in [-0.15, -0.1) is 0 Å². The number of anilines is 1. The van der Waals surface area contributed by atoms with E-state index < -0.39 is 5.97 Å². The van der Waals surface area contributed by atoms with Crippen LogP contribution in [0.5, 0.6) is 5.75 Å². The summed E-state index contributed by atoms with van der Waals surface area (Å²) >= 11 is 0. The fraction of sp³-hybridized carbons (Fsp3) is 0.217. The molecule has 2 heterocycles. The molecule has 8 heteroatoms. The number of methoxy groups -OCH3 is 1. The molecule has 4 aromatic rings. The first-order valence-corrected chi connectivity index (χ1v) is 9.74. The molecule has 0 radical (unpaired) electrons. The van der Waals surface area contributed by atoms with Gasteiger partial charge in [-0.1, -0.05) is 13.0 Å². The lowest BCUT2D eigenvalue weighted by atomic mass is 9.93. The Balaban J connectivity index is 2.16. The van der Waals surface area contributed by atoms with Crippen LogP contribution in [-0.2, 0) is 11.2 Å². The molecule has 0 amide bonds. The number of carboxylic acid groups (broad SMARTS) is 1. The van der Waals surface area contributed by atoms with Crippen LogP contribution >= 0.6 is 0 Å². The summed E-state index contributed by atoms with van der Waals surface area (Å²) in [6.07, 6.45) is 1.76. The number of ether oxygens (including phenoxy) is 2. The zero-order valence-corrected chi connectivity index (χ0v) is 17.4. The van der Waals surface area contributed by atoms with E-state index in [4.69, 9.17) is 15.2 Å². The molecule has 0 atom stereocenters. The minimum atomic E-state index is -1.11. The number of aromatic carboxylic acids is 1. The summed E-state index contributed by atoms with van der Waals surface area (Å²) in [6, 6.07) is 8.31. The van der Waals surface area contributed by atoms with Gasteiger partial charge in [-0.25, -0.2) is 13.7 Å². The summed E-state index contributed by atoms with van der Waals surface area (Å²) in [5, 5.41) is 15.3. The maximum atomic E-state index is 14.7. The van der Waals surface area contributed by atoms with E-state index in [0.717, 1.165) is 5.39 Å². The summed E-state index contributed by atoms with van der Waals surface area (Å²) in [4.78, 5) is 11.7. The monoisotopic (exact) mass is 423 g/mol. The standard InChI is InChI=1S/C23H22FN3O4/c1-4-15-18(24)6-5-13-7-14(31-11-30-3)8-16(21(13)15)22-12(2)19(25)9-20-17(23(28)29)10-26-27(20)22/h5-10H,4,11,25H2,1-3H3,(H,28,29). The first-order chi connectivity index (χ1) is 14.9. The SMILES string of the molecule is CCc1c(F)ccc2cc(OCOC)cc(-c3c(C)c(N)cc4c(C(=O)O)cnn34)c12. The molecule has 2 aromatic heterocycles. The van der Waals surface area contributed by atoms with Crippen LogP contribution in [0.25, 0.3) is 27.5 Å². The van der Waals surface area contributed by atoms with Gasteiger partial charge < -0.3 is 20.3 Å². The summed E-state index contributed by atoms with van der Waals surface area (Å²) in [5.41, 5.74) is 9.53. The van der Waals surface area contributed by atoms with E-state index >= 15 is 0 Å².